The van der Waals surface area contributed by atoms with E-state index < -0.39 is 0 Å². The molecule has 2 heterocycles. The van der Waals surface area contributed by atoms with Crippen LogP contribution in [-0.4, -0.2) is 49.3 Å². The largest absolute Gasteiger partial charge is 0.376 e. The van der Waals surface area contributed by atoms with Crippen LogP contribution in [0, 0.1) is 5.92 Å². The lowest BCUT2D eigenvalue weighted by Gasteiger charge is -2.29. The zero-order valence-electron chi connectivity index (χ0n) is 12.4. The minimum atomic E-state index is 0.192. The molecule has 0 spiro atoms. The first-order chi connectivity index (χ1) is 9.84. The van der Waals surface area contributed by atoms with Gasteiger partial charge in [0.25, 0.3) is 0 Å². The number of carbonyl (C=O) groups is 1. The standard InChI is InChI=1S/C16H27NO3/c18-16(12-19-11-14-7-4-10-20-14)17-9-3-8-15(17)13-5-1-2-6-13/h13-15H,1-12H2/t14-,15-/m1/s1. The van der Waals surface area contributed by atoms with Gasteiger partial charge in [-0.05, 0) is 44.4 Å². The number of hydrogen-bond acceptors (Lipinski definition) is 3. The summed E-state index contributed by atoms with van der Waals surface area (Å²) < 4.78 is 11.1. The van der Waals surface area contributed by atoms with Crippen molar-refractivity contribution in [2.45, 2.75) is 63.5 Å². The van der Waals surface area contributed by atoms with Gasteiger partial charge >= 0.3 is 0 Å². The third kappa shape index (κ3) is 3.34. The first-order valence-corrected chi connectivity index (χ1v) is 8.33. The Morgan fingerprint density at radius 1 is 1.10 bits per heavy atom. The molecule has 0 aromatic rings. The van der Waals surface area contributed by atoms with E-state index >= 15 is 0 Å². The molecule has 0 N–H and O–H groups in total. The van der Waals surface area contributed by atoms with Crippen LogP contribution in [0.25, 0.3) is 0 Å². The van der Waals surface area contributed by atoms with Gasteiger partial charge in [0.1, 0.15) is 6.61 Å². The zero-order chi connectivity index (χ0) is 13.8. The summed E-state index contributed by atoms with van der Waals surface area (Å²) >= 11 is 0. The van der Waals surface area contributed by atoms with Crippen LogP contribution in [0.2, 0.25) is 0 Å². The maximum absolute atomic E-state index is 12.3. The van der Waals surface area contributed by atoms with Crippen LogP contribution in [-0.2, 0) is 14.3 Å². The first kappa shape index (κ1) is 14.3. The summed E-state index contributed by atoms with van der Waals surface area (Å²) in [5.41, 5.74) is 0. The highest BCUT2D eigenvalue weighted by atomic mass is 16.5. The van der Waals surface area contributed by atoms with Crippen molar-refractivity contribution in [2.24, 2.45) is 5.92 Å². The van der Waals surface area contributed by atoms with Gasteiger partial charge < -0.3 is 14.4 Å². The molecule has 2 atom stereocenters. The maximum Gasteiger partial charge on any atom is 0.248 e. The molecule has 4 nitrogen and oxygen atoms in total. The van der Waals surface area contributed by atoms with Crippen LogP contribution in [0.1, 0.15) is 51.4 Å². The molecule has 4 heteroatoms. The SMILES string of the molecule is O=C(COC[C@H]1CCCO1)N1CCC[C@@H]1C1CCCC1. The van der Waals surface area contributed by atoms with Gasteiger partial charge in [-0.2, -0.15) is 0 Å². The van der Waals surface area contributed by atoms with E-state index in [0.29, 0.717) is 12.6 Å². The molecule has 1 amide bonds. The Morgan fingerprint density at radius 3 is 2.70 bits per heavy atom. The summed E-state index contributed by atoms with van der Waals surface area (Å²) in [6.45, 7) is 2.60. The van der Waals surface area contributed by atoms with Crippen LogP contribution in [0.4, 0.5) is 0 Å². The number of amides is 1. The Balaban J connectivity index is 1.43. The lowest BCUT2D eigenvalue weighted by molar-refractivity contribution is -0.139. The normalized spacial score (nSPS) is 31.3. The van der Waals surface area contributed by atoms with Gasteiger partial charge in [0, 0.05) is 19.2 Å². The van der Waals surface area contributed by atoms with Crippen molar-refractivity contribution in [3.05, 3.63) is 0 Å². The highest BCUT2D eigenvalue weighted by Crippen LogP contribution is 2.35. The van der Waals surface area contributed by atoms with Crippen LogP contribution >= 0.6 is 0 Å². The molecule has 20 heavy (non-hydrogen) atoms. The molecule has 1 aliphatic carbocycles. The van der Waals surface area contributed by atoms with E-state index in [4.69, 9.17) is 9.47 Å². The second kappa shape index (κ2) is 6.90. The Morgan fingerprint density at radius 2 is 1.95 bits per heavy atom. The van der Waals surface area contributed by atoms with E-state index in [2.05, 4.69) is 4.90 Å². The van der Waals surface area contributed by atoms with Gasteiger partial charge in [0.15, 0.2) is 0 Å². The third-order valence-corrected chi connectivity index (χ3v) is 5.12. The van der Waals surface area contributed by atoms with E-state index in [1.54, 1.807) is 0 Å². The Labute approximate surface area is 121 Å². The zero-order valence-corrected chi connectivity index (χ0v) is 12.4. The van der Waals surface area contributed by atoms with E-state index in [0.717, 1.165) is 31.9 Å². The number of carbonyl (C=O) groups excluding carboxylic acids is 1. The maximum atomic E-state index is 12.3. The van der Waals surface area contributed by atoms with Crippen molar-refractivity contribution >= 4 is 5.91 Å². The number of rotatable bonds is 5. The quantitative estimate of drug-likeness (QED) is 0.776. The van der Waals surface area contributed by atoms with Gasteiger partial charge in [-0.3, -0.25) is 4.79 Å². The number of nitrogens with zero attached hydrogens (tertiary/aromatic N) is 1. The molecule has 0 bridgehead atoms. The summed E-state index contributed by atoms with van der Waals surface area (Å²) in [5, 5.41) is 0. The Hall–Kier alpha value is -0.610. The molecule has 0 unspecified atom stereocenters. The molecule has 3 aliphatic rings. The fourth-order valence-electron chi connectivity index (χ4n) is 4.07. The minimum absolute atomic E-state index is 0.192. The third-order valence-electron chi connectivity index (χ3n) is 5.12. The van der Waals surface area contributed by atoms with E-state index in [-0.39, 0.29) is 18.6 Å². The molecular weight excluding hydrogens is 254 g/mol. The fraction of sp³-hybridized carbons (Fsp3) is 0.938. The predicted molar refractivity (Wildman–Crippen MR) is 76.5 cm³/mol. The summed E-state index contributed by atoms with van der Waals surface area (Å²) in [4.78, 5) is 14.4. The summed E-state index contributed by atoms with van der Waals surface area (Å²) in [7, 11) is 0. The minimum Gasteiger partial charge on any atom is -0.376 e. The van der Waals surface area contributed by atoms with Gasteiger partial charge in [0.05, 0.1) is 12.7 Å². The monoisotopic (exact) mass is 281 g/mol. The van der Waals surface area contributed by atoms with Crippen molar-refractivity contribution in [1.82, 2.24) is 4.90 Å². The van der Waals surface area contributed by atoms with E-state index in [1.165, 1.54) is 38.5 Å². The highest BCUT2D eigenvalue weighted by molar-refractivity contribution is 5.78. The van der Waals surface area contributed by atoms with Crippen LogP contribution in [0.5, 0.6) is 0 Å². The van der Waals surface area contributed by atoms with Crippen molar-refractivity contribution in [3.8, 4) is 0 Å². The Kier molecular flexibility index (Phi) is 4.94. The summed E-state index contributed by atoms with van der Waals surface area (Å²) in [5.74, 6) is 0.942. The molecule has 0 aromatic heterocycles. The van der Waals surface area contributed by atoms with Gasteiger partial charge in [-0.15, -0.1) is 0 Å². The van der Waals surface area contributed by atoms with Gasteiger partial charge in [-0.25, -0.2) is 0 Å². The van der Waals surface area contributed by atoms with E-state index in [1.807, 2.05) is 0 Å². The molecule has 2 aliphatic heterocycles. The molecule has 0 radical (unpaired) electrons. The average molecular weight is 281 g/mol. The summed E-state index contributed by atoms with van der Waals surface area (Å²) in [6.07, 6.45) is 10.1. The highest BCUT2D eigenvalue weighted by Gasteiger charge is 2.35. The molecule has 0 aromatic carbocycles. The predicted octanol–water partition coefficient (Wildman–Crippen LogP) is 2.36. The number of likely N-dealkylation sites (tertiary alicyclic amines) is 1. The Bertz CT molecular complexity index is 322. The van der Waals surface area contributed by atoms with Crippen molar-refractivity contribution in [1.29, 1.82) is 0 Å². The van der Waals surface area contributed by atoms with Gasteiger partial charge in [-0.1, -0.05) is 12.8 Å². The van der Waals surface area contributed by atoms with Crippen molar-refractivity contribution < 1.29 is 14.3 Å². The molecule has 1 saturated carbocycles. The second-order valence-electron chi connectivity index (χ2n) is 6.49. The van der Waals surface area contributed by atoms with E-state index in [9.17, 15) is 4.79 Å². The van der Waals surface area contributed by atoms with Crippen molar-refractivity contribution in [2.75, 3.05) is 26.4 Å². The second-order valence-corrected chi connectivity index (χ2v) is 6.49. The number of ether oxygens (including phenoxy) is 2. The molecule has 3 fully saturated rings. The van der Waals surface area contributed by atoms with Crippen LogP contribution < -0.4 is 0 Å². The smallest absolute Gasteiger partial charge is 0.248 e. The topological polar surface area (TPSA) is 38.8 Å². The lowest BCUT2D eigenvalue weighted by Crippen LogP contribution is -2.41. The van der Waals surface area contributed by atoms with Crippen LogP contribution in [0.15, 0.2) is 0 Å². The van der Waals surface area contributed by atoms with Gasteiger partial charge in [0.2, 0.25) is 5.91 Å². The molecule has 3 rings (SSSR count). The first-order valence-electron chi connectivity index (χ1n) is 8.33. The number of hydrogen-bond donors (Lipinski definition) is 0. The molecular formula is C16H27NO3. The fourth-order valence-corrected chi connectivity index (χ4v) is 4.07. The lowest BCUT2D eigenvalue weighted by atomic mass is 9.96. The average Bonchev–Trinajstić information content (AvgIpc) is 3.19. The summed E-state index contributed by atoms with van der Waals surface area (Å²) in [6, 6.07) is 0.497. The molecule has 114 valence electrons. The van der Waals surface area contributed by atoms with Crippen molar-refractivity contribution in [3.63, 3.8) is 0 Å². The van der Waals surface area contributed by atoms with Crippen LogP contribution in [0.3, 0.4) is 0 Å². The molecule has 2 saturated heterocycles.